The van der Waals surface area contributed by atoms with Crippen molar-refractivity contribution in [2.75, 3.05) is 13.1 Å². The van der Waals surface area contributed by atoms with E-state index in [1.165, 1.54) is 42.5 Å². The molecule has 0 amide bonds. The average molecular weight is 288 g/mol. The molecule has 1 fully saturated rings. The molecule has 1 aliphatic heterocycles. The van der Waals surface area contributed by atoms with E-state index in [9.17, 15) is 0 Å². The van der Waals surface area contributed by atoms with Crippen molar-refractivity contribution >= 4 is 0 Å². The van der Waals surface area contributed by atoms with Gasteiger partial charge >= 0.3 is 0 Å². The smallest absolute Gasteiger partial charge is 0.0333 e. The maximum atomic E-state index is 3.76. The summed E-state index contributed by atoms with van der Waals surface area (Å²) in [4.78, 5) is 2.76. The summed E-state index contributed by atoms with van der Waals surface area (Å²) in [6, 6.07) is 7.32. The zero-order valence-electron chi connectivity index (χ0n) is 14.5. The van der Waals surface area contributed by atoms with Crippen LogP contribution in [0, 0.1) is 13.8 Å². The summed E-state index contributed by atoms with van der Waals surface area (Å²) >= 11 is 0. The van der Waals surface area contributed by atoms with E-state index in [-0.39, 0.29) is 0 Å². The zero-order chi connectivity index (χ0) is 15.5. The number of hydrogen-bond donors (Lipinski definition) is 1. The minimum Gasteiger partial charge on any atom is -0.311 e. The number of benzene rings is 1. The fourth-order valence-corrected chi connectivity index (χ4v) is 3.71. The molecule has 1 atom stereocenters. The van der Waals surface area contributed by atoms with Crippen LogP contribution >= 0.6 is 0 Å². The highest BCUT2D eigenvalue weighted by atomic mass is 15.3. The van der Waals surface area contributed by atoms with Crippen LogP contribution in [0.3, 0.4) is 0 Å². The summed E-state index contributed by atoms with van der Waals surface area (Å²) in [5.74, 6) is 0. The third-order valence-electron chi connectivity index (χ3n) is 5.63. The van der Waals surface area contributed by atoms with Crippen LogP contribution in [0.2, 0.25) is 0 Å². The lowest BCUT2D eigenvalue weighted by atomic mass is 9.86. The number of hydrogen-bond acceptors (Lipinski definition) is 2. The van der Waals surface area contributed by atoms with E-state index in [1.54, 1.807) is 0 Å². The van der Waals surface area contributed by atoms with Gasteiger partial charge in [0.15, 0.2) is 0 Å². The second kappa shape index (κ2) is 6.93. The van der Waals surface area contributed by atoms with Crippen LogP contribution in [-0.4, -0.2) is 29.6 Å². The molecule has 1 saturated heterocycles. The Morgan fingerprint density at radius 2 is 1.76 bits per heavy atom. The standard InChI is InChI=1S/C19H32N2/c1-6-17-12-21(19(7-2,8-3)14-20-17)13-18-15(4)10-9-11-16(18)5/h9-11,17,20H,6-8,12-14H2,1-5H3. The highest BCUT2D eigenvalue weighted by Gasteiger charge is 2.38. The molecule has 0 aliphatic carbocycles. The number of nitrogens with one attached hydrogen (secondary N) is 1. The van der Waals surface area contributed by atoms with E-state index in [4.69, 9.17) is 0 Å². The van der Waals surface area contributed by atoms with E-state index in [1.807, 2.05) is 0 Å². The number of rotatable bonds is 5. The van der Waals surface area contributed by atoms with Gasteiger partial charge in [0.1, 0.15) is 0 Å². The average Bonchev–Trinajstić information content (AvgIpc) is 2.51. The Labute approximate surface area is 130 Å². The Bertz CT molecular complexity index is 442. The molecule has 1 heterocycles. The second-order valence-electron chi connectivity index (χ2n) is 6.67. The number of piperazine rings is 1. The van der Waals surface area contributed by atoms with E-state index in [2.05, 4.69) is 63.0 Å². The van der Waals surface area contributed by atoms with Crippen molar-refractivity contribution in [2.45, 2.75) is 72.0 Å². The Morgan fingerprint density at radius 1 is 1.14 bits per heavy atom. The minimum atomic E-state index is 0.320. The van der Waals surface area contributed by atoms with Crippen LogP contribution in [0.15, 0.2) is 18.2 Å². The molecule has 1 aromatic carbocycles. The lowest BCUT2D eigenvalue weighted by molar-refractivity contribution is 0.0235. The molecule has 2 rings (SSSR count). The predicted octanol–water partition coefficient (Wildman–Crippen LogP) is 4.05. The molecule has 1 unspecified atom stereocenters. The van der Waals surface area contributed by atoms with Gasteiger partial charge in [-0.1, -0.05) is 39.0 Å². The van der Waals surface area contributed by atoms with Crippen molar-refractivity contribution < 1.29 is 0 Å². The van der Waals surface area contributed by atoms with Crippen LogP contribution in [0.4, 0.5) is 0 Å². The second-order valence-corrected chi connectivity index (χ2v) is 6.67. The lowest BCUT2D eigenvalue weighted by Crippen LogP contribution is -2.63. The van der Waals surface area contributed by atoms with Crippen LogP contribution in [0.25, 0.3) is 0 Å². The van der Waals surface area contributed by atoms with Gasteiger partial charge in [-0.3, -0.25) is 4.90 Å². The molecule has 1 N–H and O–H groups in total. The summed E-state index contributed by atoms with van der Waals surface area (Å²) in [5, 5.41) is 3.76. The first-order valence-electron chi connectivity index (χ1n) is 8.59. The first kappa shape index (κ1) is 16.5. The van der Waals surface area contributed by atoms with Gasteiger partial charge in [-0.05, 0) is 49.8 Å². The summed E-state index contributed by atoms with van der Waals surface area (Å²) in [5.41, 5.74) is 4.71. The molecule has 2 heteroatoms. The van der Waals surface area contributed by atoms with Gasteiger partial charge in [0.2, 0.25) is 0 Å². The maximum Gasteiger partial charge on any atom is 0.0333 e. The summed E-state index contributed by atoms with van der Waals surface area (Å²) in [7, 11) is 0. The fourth-order valence-electron chi connectivity index (χ4n) is 3.71. The molecule has 118 valence electrons. The first-order chi connectivity index (χ1) is 10.1. The zero-order valence-corrected chi connectivity index (χ0v) is 14.5. The van der Waals surface area contributed by atoms with E-state index < -0.39 is 0 Å². The quantitative estimate of drug-likeness (QED) is 0.879. The summed E-state index contributed by atoms with van der Waals surface area (Å²) in [6.45, 7) is 14.9. The van der Waals surface area contributed by atoms with Gasteiger partial charge in [0.05, 0.1) is 0 Å². The first-order valence-corrected chi connectivity index (χ1v) is 8.59. The Morgan fingerprint density at radius 3 is 2.29 bits per heavy atom. The van der Waals surface area contributed by atoms with Crippen LogP contribution in [0.5, 0.6) is 0 Å². The molecule has 1 aliphatic rings. The largest absolute Gasteiger partial charge is 0.311 e. The summed E-state index contributed by atoms with van der Waals surface area (Å²) < 4.78 is 0. The highest BCUT2D eigenvalue weighted by Crippen LogP contribution is 2.30. The van der Waals surface area contributed by atoms with Gasteiger partial charge in [-0.25, -0.2) is 0 Å². The maximum absolute atomic E-state index is 3.76. The highest BCUT2D eigenvalue weighted by molar-refractivity contribution is 5.33. The normalized spacial score (nSPS) is 22.4. The van der Waals surface area contributed by atoms with Gasteiger partial charge in [0, 0.05) is 31.2 Å². The molecule has 0 spiro atoms. The lowest BCUT2D eigenvalue weighted by Gasteiger charge is -2.50. The van der Waals surface area contributed by atoms with Crippen molar-refractivity contribution in [1.82, 2.24) is 10.2 Å². The third-order valence-corrected chi connectivity index (χ3v) is 5.63. The molecular weight excluding hydrogens is 256 g/mol. The molecule has 2 nitrogen and oxygen atoms in total. The van der Waals surface area contributed by atoms with E-state index in [0.717, 1.165) is 13.1 Å². The minimum absolute atomic E-state index is 0.320. The monoisotopic (exact) mass is 288 g/mol. The van der Waals surface area contributed by atoms with Gasteiger partial charge in [-0.15, -0.1) is 0 Å². The predicted molar refractivity (Wildman–Crippen MR) is 91.7 cm³/mol. The van der Waals surface area contributed by atoms with Crippen molar-refractivity contribution in [3.05, 3.63) is 34.9 Å². The Hall–Kier alpha value is -0.860. The van der Waals surface area contributed by atoms with Crippen LogP contribution in [-0.2, 0) is 6.54 Å². The van der Waals surface area contributed by atoms with Gasteiger partial charge in [0.25, 0.3) is 0 Å². The number of aryl methyl sites for hydroxylation is 2. The van der Waals surface area contributed by atoms with E-state index >= 15 is 0 Å². The third kappa shape index (κ3) is 3.32. The molecule has 21 heavy (non-hydrogen) atoms. The molecule has 0 bridgehead atoms. The molecule has 0 aromatic heterocycles. The van der Waals surface area contributed by atoms with Gasteiger partial charge < -0.3 is 5.32 Å². The summed E-state index contributed by atoms with van der Waals surface area (Å²) in [6.07, 6.45) is 3.66. The van der Waals surface area contributed by atoms with Crippen molar-refractivity contribution in [1.29, 1.82) is 0 Å². The molecule has 0 saturated carbocycles. The van der Waals surface area contributed by atoms with Crippen molar-refractivity contribution in [2.24, 2.45) is 0 Å². The number of nitrogens with zero attached hydrogens (tertiary/aromatic N) is 1. The SMILES string of the molecule is CCC1CN(Cc2c(C)cccc2C)C(CC)(CC)CN1. The Kier molecular flexibility index (Phi) is 5.45. The molecule has 1 aromatic rings. The van der Waals surface area contributed by atoms with Crippen LogP contribution < -0.4 is 5.32 Å². The van der Waals surface area contributed by atoms with Crippen molar-refractivity contribution in [3.63, 3.8) is 0 Å². The van der Waals surface area contributed by atoms with E-state index in [0.29, 0.717) is 11.6 Å². The topological polar surface area (TPSA) is 15.3 Å². The fraction of sp³-hybridized carbons (Fsp3) is 0.684. The Balaban J connectivity index is 2.28. The van der Waals surface area contributed by atoms with Gasteiger partial charge in [-0.2, -0.15) is 0 Å². The molecular formula is C19H32N2. The molecule has 0 radical (unpaired) electrons. The van der Waals surface area contributed by atoms with Crippen LogP contribution in [0.1, 0.15) is 56.7 Å². The van der Waals surface area contributed by atoms with Crippen molar-refractivity contribution in [3.8, 4) is 0 Å².